The second kappa shape index (κ2) is 6.87. The van der Waals surface area contributed by atoms with Gasteiger partial charge in [0.25, 0.3) is 0 Å². The lowest BCUT2D eigenvalue weighted by atomic mass is 10.0. The van der Waals surface area contributed by atoms with E-state index >= 15 is 0 Å². The van der Waals surface area contributed by atoms with Gasteiger partial charge in [-0.05, 0) is 23.3 Å². The van der Waals surface area contributed by atoms with Gasteiger partial charge in [0, 0.05) is 17.7 Å². The van der Waals surface area contributed by atoms with Crippen molar-refractivity contribution in [1.29, 1.82) is 0 Å². The highest BCUT2D eigenvalue weighted by molar-refractivity contribution is 5.95. The number of carboxylic acids is 1. The van der Waals surface area contributed by atoms with Crippen molar-refractivity contribution in [3.8, 4) is 11.1 Å². The highest BCUT2D eigenvalue weighted by Gasteiger charge is 2.12. The Morgan fingerprint density at radius 3 is 2.12 bits per heavy atom. The van der Waals surface area contributed by atoms with E-state index in [-0.39, 0.29) is 17.9 Å². The van der Waals surface area contributed by atoms with Crippen LogP contribution in [0.5, 0.6) is 0 Å². The average molecular weight is 318 g/mol. The first-order valence-electron chi connectivity index (χ1n) is 7.54. The minimum Gasteiger partial charge on any atom is -0.478 e. The number of carboxylic acid groups (broad SMARTS) is 1. The molecule has 0 aliphatic heterocycles. The van der Waals surface area contributed by atoms with Gasteiger partial charge >= 0.3 is 5.97 Å². The molecule has 0 radical (unpaired) electrons. The van der Waals surface area contributed by atoms with Gasteiger partial charge in [-0.2, -0.15) is 4.57 Å². The Bertz CT molecular complexity index is 871. The molecule has 24 heavy (non-hydrogen) atoms. The van der Waals surface area contributed by atoms with E-state index in [1.165, 1.54) is 0 Å². The highest BCUT2D eigenvalue weighted by Crippen LogP contribution is 2.19. The van der Waals surface area contributed by atoms with Crippen LogP contribution in [0.2, 0.25) is 0 Å². The van der Waals surface area contributed by atoms with Crippen LogP contribution in [0.15, 0.2) is 79.1 Å². The fraction of sp³-hybridized carbons (Fsp3) is 0.0500. The monoisotopic (exact) mass is 318 g/mol. The van der Waals surface area contributed by atoms with E-state index in [1.54, 1.807) is 34.9 Å². The lowest BCUT2D eigenvalue weighted by Gasteiger charge is -2.03. The Kier molecular flexibility index (Phi) is 4.47. The molecular formula is C20H16NO3+. The van der Waals surface area contributed by atoms with Gasteiger partial charge in [-0.25, -0.2) is 4.79 Å². The van der Waals surface area contributed by atoms with Crippen molar-refractivity contribution in [2.24, 2.45) is 0 Å². The quantitative estimate of drug-likeness (QED) is 0.580. The van der Waals surface area contributed by atoms with Crippen molar-refractivity contribution >= 4 is 11.8 Å². The maximum absolute atomic E-state index is 12.2. The molecule has 3 rings (SSSR count). The van der Waals surface area contributed by atoms with Crippen molar-refractivity contribution in [3.05, 3.63) is 90.3 Å². The second-order valence-corrected chi connectivity index (χ2v) is 5.43. The molecule has 4 nitrogen and oxygen atoms in total. The molecule has 0 amide bonds. The predicted octanol–water partition coefficient (Wildman–Crippen LogP) is 3.22. The number of rotatable bonds is 5. The van der Waals surface area contributed by atoms with E-state index in [2.05, 4.69) is 0 Å². The van der Waals surface area contributed by atoms with Crippen molar-refractivity contribution in [2.45, 2.75) is 6.54 Å². The number of aromatic nitrogens is 1. The first-order valence-corrected chi connectivity index (χ1v) is 7.54. The third-order valence-corrected chi connectivity index (χ3v) is 3.76. The van der Waals surface area contributed by atoms with Gasteiger partial charge in [0.15, 0.2) is 12.4 Å². The van der Waals surface area contributed by atoms with Gasteiger partial charge in [0.05, 0.1) is 5.56 Å². The summed E-state index contributed by atoms with van der Waals surface area (Å²) in [6, 6.07) is 19.7. The zero-order valence-electron chi connectivity index (χ0n) is 12.9. The number of ketones is 1. The molecule has 1 N–H and O–H groups in total. The lowest BCUT2D eigenvalue weighted by molar-refractivity contribution is -0.683. The molecule has 0 unspecified atom stereocenters. The SMILES string of the molecule is O=C(O)c1cccc(-c2cc[n+](CC(=O)c3ccccc3)cc2)c1. The van der Waals surface area contributed by atoms with Crippen LogP contribution in [0.1, 0.15) is 20.7 Å². The minimum atomic E-state index is -0.948. The smallest absolute Gasteiger partial charge is 0.335 e. The summed E-state index contributed by atoms with van der Waals surface area (Å²) in [5.41, 5.74) is 2.67. The summed E-state index contributed by atoms with van der Waals surface area (Å²) in [5, 5.41) is 9.07. The molecule has 0 spiro atoms. The fourth-order valence-electron chi connectivity index (χ4n) is 2.47. The number of hydrogen-bond acceptors (Lipinski definition) is 2. The Labute approximate surface area is 139 Å². The molecule has 0 saturated heterocycles. The first kappa shape index (κ1) is 15.6. The van der Waals surface area contributed by atoms with E-state index in [0.717, 1.165) is 11.1 Å². The molecular weight excluding hydrogens is 302 g/mol. The van der Waals surface area contributed by atoms with Gasteiger partial charge in [-0.3, -0.25) is 4.79 Å². The molecule has 118 valence electrons. The molecule has 1 heterocycles. The molecule has 0 saturated carbocycles. The highest BCUT2D eigenvalue weighted by atomic mass is 16.4. The van der Waals surface area contributed by atoms with Crippen LogP contribution in [0.4, 0.5) is 0 Å². The summed E-state index contributed by atoms with van der Waals surface area (Å²) in [4.78, 5) is 23.3. The van der Waals surface area contributed by atoms with Crippen LogP contribution in [-0.2, 0) is 6.54 Å². The van der Waals surface area contributed by atoms with Gasteiger partial charge in [0.2, 0.25) is 12.3 Å². The molecule has 2 aromatic carbocycles. The molecule has 0 atom stereocenters. The molecule has 4 heteroatoms. The number of benzene rings is 2. The van der Waals surface area contributed by atoms with E-state index in [9.17, 15) is 9.59 Å². The summed E-state index contributed by atoms with van der Waals surface area (Å²) < 4.78 is 1.81. The van der Waals surface area contributed by atoms with Crippen molar-refractivity contribution in [3.63, 3.8) is 0 Å². The predicted molar refractivity (Wildman–Crippen MR) is 89.8 cm³/mol. The molecule has 0 aliphatic carbocycles. The Morgan fingerprint density at radius 1 is 0.792 bits per heavy atom. The topological polar surface area (TPSA) is 58.2 Å². The number of hydrogen-bond donors (Lipinski definition) is 1. The van der Waals surface area contributed by atoms with Crippen LogP contribution in [-0.4, -0.2) is 16.9 Å². The van der Waals surface area contributed by atoms with E-state index in [4.69, 9.17) is 5.11 Å². The third-order valence-electron chi connectivity index (χ3n) is 3.76. The Morgan fingerprint density at radius 2 is 1.46 bits per heavy atom. The normalized spacial score (nSPS) is 10.3. The zero-order valence-corrected chi connectivity index (χ0v) is 12.9. The summed E-state index contributed by atoms with van der Waals surface area (Å²) in [7, 11) is 0. The standard InChI is InChI=1S/C20H15NO3/c22-19(16-5-2-1-3-6-16)14-21-11-9-15(10-12-21)17-7-4-8-18(13-17)20(23)24/h1-13H,14H2/p+1. The van der Waals surface area contributed by atoms with Crippen molar-refractivity contribution in [2.75, 3.05) is 0 Å². The second-order valence-electron chi connectivity index (χ2n) is 5.43. The van der Waals surface area contributed by atoms with Crippen molar-refractivity contribution in [1.82, 2.24) is 0 Å². The minimum absolute atomic E-state index is 0.0428. The van der Waals surface area contributed by atoms with Crippen LogP contribution in [0.3, 0.4) is 0 Å². The van der Waals surface area contributed by atoms with E-state index in [0.29, 0.717) is 5.56 Å². The Balaban J connectivity index is 1.77. The largest absolute Gasteiger partial charge is 0.478 e. The number of aromatic carboxylic acids is 1. The number of carbonyl (C=O) groups excluding carboxylic acids is 1. The number of carbonyl (C=O) groups is 2. The van der Waals surface area contributed by atoms with Gasteiger partial charge in [0.1, 0.15) is 0 Å². The molecule has 0 aliphatic rings. The van der Waals surface area contributed by atoms with Crippen LogP contribution < -0.4 is 4.57 Å². The summed E-state index contributed by atoms with van der Waals surface area (Å²) >= 11 is 0. The van der Waals surface area contributed by atoms with Gasteiger partial charge in [-0.1, -0.05) is 42.5 Å². The zero-order chi connectivity index (χ0) is 16.9. The number of pyridine rings is 1. The van der Waals surface area contributed by atoms with Crippen LogP contribution >= 0.6 is 0 Å². The summed E-state index contributed by atoms with van der Waals surface area (Å²) in [6.45, 7) is 0.263. The summed E-state index contributed by atoms with van der Waals surface area (Å²) in [6.07, 6.45) is 3.65. The van der Waals surface area contributed by atoms with Crippen LogP contribution in [0.25, 0.3) is 11.1 Å². The van der Waals surface area contributed by atoms with E-state index in [1.807, 2.05) is 48.8 Å². The molecule has 0 fully saturated rings. The number of Topliss-reactive ketones (excluding diaryl/α,β-unsaturated/α-hetero) is 1. The molecule has 3 aromatic rings. The van der Waals surface area contributed by atoms with Gasteiger partial charge in [-0.15, -0.1) is 0 Å². The van der Waals surface area contributed by atoms with Crippen molar-refractivity contribution < 1.29 is 19.3 Å². The van der Waals surface area contributed by atoms with E-state index < -0.39 is 5.97 Å². The maximum Gasteiger partial charge on any atom is 0.335 e. The first-order chi connectivity index (χ1) is 11.6. The van der Waals surface area contributed by atoms with Crippen LogP contribution in [0, 0.1) is 0 Å². The average Bonchev–Trinajstić information content (AvgIpc) is 2.63. The summed E-state index contributed by atoms with van der Waals surface area (Å²) in [5.74, 6) is -0.905. The maximum atomic E-state index is 12.2. The Hall–Kier alpha value is -3.27. The lowest BCUT2D eigenvalue weighted by Crippen LogP contribution is -2.37. The molecule has 0 bridgehead atoms. The fourth-order valence-corrected chi connectivity index (χ4v) is 2.47. The third kappa shape index (κ3) is 3.55. The number of nitrogens with zero attached hydrogens (tertiary/aromatic N) is 1. The van der Waals surface area contributed by atoms with Gasteiger partial charge < -0.3 is 5.11 Å². The molecule has 1 aromatic heterocycles.